The second kappa shape index (κ2) is 5.09. The van der Waals surface area contributed by atoms with Crippen LogP contribution in [0.4, 0.5) is 17.6 Å². The lowest BCUT2D eigenvalue weighted by Crippen LogP contribution is -2.47. The van der Waals surface area contributed by atoms with Crippen molar-refractivity contribution < 1.29 is 27.3 Å². The first-order chi connectivity index (χ1) is 9.71. The summed E-state index contributed by atoms with van der Waals surface area (Å²) in [4.78, 5) is 22.4. The first-order valence-electron chi connectivity index (χ1n) is 6.25. The van der Waals surface area contributed by atoms with Crippen LogP contribution in [0.1, 0.15) is 36.8 Å². The first kappa shape index (κ1) is 15.4. The van der Waals surface area contributed by atoms with E-state index in [1.807, 2.05) is 0 Å². The molecule has 21 heavy (non-hydrogen) atoms. The van der Waals surface area contributed by atoms with Gasteiger partial charge in [0.25, 0.3) is 0 Å². The van der Waals surface area contributed by atoms with Crippen LogP contribution in [0, 0.1) is 15.9 Å². The highest BCUT2D eigenvalue weighted by Crippen LogP contribution is 2.44. The van der Waals surface area contributed by atoms with Crippen LogP contribution in [-0.4, -0.2) is 10.7 Å². The summed E-state index contributed by atoms with van der Waals surface area (Å²) >= 11 is 0. The number of hydrogen-bond acceptors (Lipinski definition) is 3. The molecule has 0 amide bonds. The van der Waals surface area contributed by atoms with Crippen LogP contribution in [0.2, 0.25) is 0 Å². The molecule has 1 saturated carbocycles. The summed E-state index contributed by atoms with van der Waals surface area (Å²) in [5, 5.41) is 11.4. The minimum Gasteiger partial charge on any atom is -0.291 e. The largest absolute Gasteiger partial charge is 0.419 e. The Bertz CT molecular complexity index is 600. The minimum atomic E-state index is -5.11. The zero-order valence-electron chi connectivity index (χ0n) is 10.7. The molecule has 0 N–H and O–H groups in total. The third-order valence-corrected chi connectivity index (χ3v) is 3.71. The van der Waals surface area contributed by atoms with E-state index in [9.17, 15) is 32.5 Å². The predicted molar refractivity (Wildman–Crippen MR) is 63.5 cm³/mol. The van der Waals surface area contributed by atoms with Crippen molar-refractivity contribution in [2.45, 2.75) is 37.4 Å². The average molecular weight is 305 g/mol. The first-order valence-corrected chi connectivity index (χ1v) is 6.25. The fraction of sp³-hybridized carbons (Fsp3) is 0.462. The third kappa shape index (κ3) is 2.38. The van der Waals surface area contributed by atoms with Gasteiger partial charge < -0.3 is 0 Å². The molecule has 1 aliphatic rings. The molecule has 0 heterocycles. The van der Waals surface area contributed by atoms with Gasteiger partial charge in [-0.2, -0.15) is 13.2 Å². The molecule has 1 aliphatic carbocycles. The zero-order valence-corrected chi connectivity index (χ0v) is 10.7. The van der Waals surface area contributed by atoms with Gasteiger partial charge in [0.2, 0.25) is 5.78 Å². The maximum atomic E-state index is 13.6. The quantitative estimate of drug-likeness (QED) is 0.477. The van der Waals surface area contributed by atoms with Crippen LogP contribution in [0.25, 0.3) is 0 Å². The van der Waals surface area contributed by atoms with Gasteiger partial charge in [0, 0.05) is 17.8 Å². The highest BCUT2D eigenvalue weighted by molar-refractivity contribution is 5.89. The summed E-state index contributed by atoms with van der Waals surface area (Å²) in [6.07, 6.45) is -5.03. The Labute approximate surface area is 116 Å². The number of nitro groups is 1. The molecule has 1 aromatic carbocycles. The molecule has 4 nitrogen and oxygen atoms in total. The average Bonchev–Trinajstić information content (AvgIpc) is 2.37. The molecule has 0 saturated heterocycles. The standard InChI is InChI=1S/C13H11F4NO3/c14-9-5-3-4-8(11(9)13(15,16)17)12(18(20)21)7-2-1-6-10(12)19/h3-5H,1-2,6-7H2. The molecule has 1 fully saturated rings. The van der Waals surface area contributed by atoms with E-state index in [1.54, 1.807) is 0 Å². The highest BCUT2D eigenvalue weighted by Gasteiger charge is 2.57. The molecule has 0 radical (unpaired) electrons. The second-order valence-corrected chi connectivity index (χ2v) is 4.91. The fourth-order valence-corrected chi connectivity index (χ4v) is 2.75. The molecular formula is C13H11F4NO3. The van der Waals surface area contributed by atoms with Gasteiger partial charge in [-0.3, -0.25) is 14.9 Å². The molecule has 0 aromatic heterocycles. The van der Waals surface area contributed by atoms with Crippen molar-refractivity contribution in [1.29, 1.82) is 0 Å². The number of carbonyl (C=O) groups excluding carboxylic acids is 1. The lowest BCUT2D eigenvalue weighted by Gasteiger charge is -2.30. The van der Waals surface area contributed by atoms with Crippen molar-refractivity contribution in [2.24, 2.45) is 0 Å². The summed E-state index contributed by atoms with van der Waals surface area (Å²) in [7, 11) is 0. The van der Waals surface area contributed by atoms with Crippen molar-refractivity contribution >= 4 is 5.78 Å². The van der Waals surface area contributed by atoms with E-state index in [0.717, 1.165) is 12.1 Å². The van der Waals surface area contributed by atoms with Gasteiger partial charge in [-0.25, -0.2) is 4.39 Å². The topological polar surface area (TPSA) is 60.2 Å². The Kier molecular flexibility index (Phi) is 3.73. The van der Waals surface area contributed by atoms with Crippen LogP contribution >= 0.6 is 0 Å². The lowest BCUT2D eigenvalue weighted by atomic mass is 9.74. The van der Waals surface area contributed by atoms with E-state index in [-0.39, 0.29) is 19.3 Å². The van der Waals surface area contributed by atoms with Crippen LogP contribution in [-0.2, 0) is 16.5 Å². The Morgan fingerprint density at radius 2 is 1.90 bits per heavy atom. The molecule has 0 spiro atoms. The van der Waals surface area contributed by atoms with E-state index in [1.165, 1.54) is 0 Å². The molecule has 1 atom stereocenters. The molecular weight excluding hydrogens is 294 g/mol. The lowest BCUT2D eigenvalue weighted by molar-refractivity contribution is -0.563. The number of alkyl halides is 3. The summed E-state index contributed by atoms with van der Waals surface area (Å²) in [6, 6.07) is 2.35. The molecule has 8 heteroatoms. The Morgan fingerprint density at radius 1 is 1.24 bits per heavy atom. The number of benzene rings is 1. The van der Waals surface area contributed by atoms with Crippen LogP contribution in [0.5, 0.6) is 0 Å². The van der Waals surface area contributed by atoms with Crippen molar-refractivity contribution in [2.75, 3.05) is 0 Å². The molecule has 0 bridgehead atoms. The maximum Gasteiger partial charge on any atom is 0.419 e. The van der Waals surface area contributed by atoms with Crippen molar-refractivity contribution in [1.82, 2.24) is 0 Å². The van der Waals surface area contributed by atoms with Crippen LogP contribution in [0.15, 0.2) is 18.2 Å². The fourth-order valence-electron chi connectivity index (χ4n) is 2.75. The number of halogens is 4. The Balaban J connectivity index is 2.76. The van der Waals surface area contributed by atoms with Crippen LogP contribution in [0.3, 0.4) is 0 Å². The summed E-state index contributed by atoms with van der Waals surface area (Å²) < 4.78 is 52.8. The summed E-state index contributed by atoms with van der Waals surface area (Å²) in [5.41, 5.74) is -5.13. The van der Waals surface area contributed by atoms with E-state index < -0.39 is 39.4 Å². The Hall–Kier alpha value is -1.99. The number of rotatable bonds is 2. The van der Waals surface area contributed by atoms with Gasteiger partial charge in [-0.1, -0.05) is 12.1 Å². The Morgan fingerprint density at radius 3 is 2.43 bits per heavy atom. The third-order valence-electron chi connectivity index (χ3n) is 3.71. The highest BCUT2D eigenvalue weighted by atomic mass is 19.4. The summed E-state index contributed by atoms with van der Waals surface area (Å²) in [5.74, 6) is -2.52. The van der Waals surface area contributed by atoms with Gasteiger partial charge in [0.05, 0.1) is 5.56 Å². The van der Waals surface area contributed by atoms with E-state index in [0.29, 0.717) is 12.5 Å². The molecule has 0 aliphatic heterocycles. The summed E-state index contributed by atoms with van der Waals surface area (Å²) in [6.45, 7) is 0. The van der Waals surface area contributed by atoms with Crippen LogP contribution < -0.4 is 0 Å². The number of nitrogens with zero attached hydrogens (tertiary/aromatic N) is 1. The molecule has 1 aromatic rings. The normalized spacial score (nSPS) is 23.1. The van der Waals surface area contributed by atoms with Gasteiger partial charge in [0.15, 0.2) is 0 Å². The number of ketones is 1. The van der Waals surface area contributed by atoms with Crippen molar-refractivity contribution in [3.8, 4) is 0 Å². The van der Waals surface area contributed by atoms with Crippen molar-refractivity contribution in [3.63, 3.8) is 0 Å². The van der Waals surface area contributed by atoms with E-state index in [2.05, 4.69) is 0 Å². The van der Waals surface area contributed by atoms with E-state index in [4.69, 9.17) is 0 Å². The smallest absolute Gasteiger partial charge is 0.291 e. The minimum absolute atomic E-state index is 0.186. The molecule has 1 unspecified atom stereocenters. The SMILES string of the molecule is O=C1CCCCC1(c1cccc(F)c1C(F)(F)F)[N+](=O)[O-]. The molecule has 2 rings (SSSR count). The van der Waals surface area contributed by atoms with Gasteiger partial charge in [-0.05, 0) is 18.9 Å². The van der Waals surface area contributed by atoms with E-state index >= 15 is 0 Å². The number of Topliss-reactive ketones (excluding diaryl/α,β-unsaturated/α-hetero) is 1. The van der Waals surface area contributed by atoms with Crippen molar-refractivity contribution in [3.05, 3.63) is 45.3 Å². The number of carbonyl (C=O) groups is 1. The monoisotopic (exact) mass is 305 g/mol. The zero-order chi connectivity index (χ0) is 15.8. The molecule has 114 valence electrons. The maximum absolute atomic E-state index is 13.6. The van der Waals surface area contributed by atoms with Gasteiger partial charge in [-0.15, -0.1) is 0 Å². The van der Waals surface area contributed by atoms with Gasteiger partial charge >= 0.3 is 11.7 Å². The van der Waals surface area contributed by atoms with Gasteiger partial charge in [0.1, 0.15) is 11.4 Å². The predicted octanol–water partition coefficient (Wildman–Crippen LogP) is 3.46. The second-order valence-electron chi connectivity index (χ2n) is 4.91. The number of hydrogen-bond donors (Lipinski definition) is 0.